The van der Waals surface area contributed by atoms with E-state index in [9.17, 15) is 18.8 Å². The standard InChI is InChI=1S/C19H16FNO3/c20-14-7-5-13(6-8-14)17(22)9-10-19(24)21-12-11-18(23)15-3-1-2-4-16(15)21/h1-8H,9-12H2. The van der Waals surface area contributed by atoms with E-state index in [2.05, 4.69) is 0 Å². The first-order valence-electron chi connectivity index (χ1n) is 7.77. The van der Waals surface area contributed by atoms with E-state index in [1.165, 1.54) is 24.3 Å². The molecule has 0 unspecified atom stereocenters. The molecule has 0 N–H and O–H groups in total. The average molecular weight is 325 g/mol. The van der Waals surface area contributed by atoms with Crippen molar-refractivity contribution >= 4 is 23.2 Å². The van der Waals surface area contributed by atoms with Crippen LogP contribution in [0.3, 0.4) is 0 Å². The van der Waals surface area contributed by atoms with Crippen molar-refractivity contribution in [2.45, 2.75) is 19.3 Å². The molecule has 1 aliphatic heterocycles. The number of nitrogens with zero attached hydrogens (tertiary/aromatic N) is 1. The van der Waals surface area contributed by atoms with Gasteiger partial charge in [-0.1, -0.05) is 12.1 Å². The number of para-hydroxylation sites is 1. The van der Waals surface area contributed by atoms with Crippen molar-refractivity contribution in [2.75, 3.05) is 11.4 Å². The second-order valence-corrected chi connectivity index (χ2v) is 5.67. The third-order valence-electron chi connectivity index (χ3n) is 4.09. The second kappa shape index (κ2) is 6.74. The van der Waals surface area contributed by atoms with E-state index in [-0.39, 0.29) is 36.7 Å². The summed E-state index contributed by atoms with van der Waals surface area (Å²) in [5.41, 5.74) is 1.54. The third-order valence-corrected chi connectivity index (χ3v) is 4.09. The Kier molecular flexibility index (Phi) is 4.51. The molecule has 0 bridgehead atoms. The van der Waals surface area contributed by atoms with E-state index in [1.807, 2.05) is 0 Å². The van der Waals surface area contributed by atoms with E-state index in [1.54, 1.807) is 29.2 Å². The fourth-order valence-corrected chi connectivity index (χ4v) is 2.81. The first-order valence-corrected chi connectivity index (χ1v) is 7.77. The Balaban J connectivity index is 1.67. The van der Waals surface area contributed by atoms with Crippen LogP contribution in [0, 0.1) is 5.82 Å². The molecule has 0 aromatic heterocycles. The average Bonchev–Trinajstić information content (AvgIpc) is 2.60. The van der Waals surface area contributed by atoms with Crippen molar-refractivity contribution in [1.82, 2.24) is 0 Å². The molecule has 1 aliphatic rings. The highest BCUT2D eigenvalue weighted by Crippen LogP contribution is 2.27. The van der Waals surface area contributed by atoms with Crippen LogP contribution in [0.1, 0.15) is 40.0 Å². The summed E-state index contributed by atoms with van der Waals surface area (Å²) < 4.78 is 12.9. The minimum absolute atomic E-state index is 0.0250. The van der Waals surface area contributed by atoms with E-state index in [0.717, 1.165) is 0 Å². The van der Waals surface area contributed by atoms with Gasteiger partial charge in [0.25, 0.3) is 0 Å². The van der Waals surface area contributed by atoms with Crippen LogP contribution in [0.4, 0.5) is 10.1 Å². The number of fused-ring (bicyclic) bond motifs is 1. The Bertz CT molecular complexity index is 799. The Morgan fingerprint density at radius 2 is 1.71 bits per heavy atom. The van der Waals surface area contributed by atoms with E-state index < -0.39 is 5.82 Å². The molecule has 0 saturated carbocycles. The quantitative estimate of drug-likeness (QED) is 0.810. The molecule has 1 amide bonds. The number of carbonyl (C=O) groups excluding carboxylic acids is 3. The van der Waals surface area contributed by atoms with Crippen molar-refractivity contribution in [2.24, 2.45) is 0 Å². The fourth-order valence-electron chi connectivity index (χ4n) is 2.81. The van der Waals surface area contributed by atoms with Gasteiger partial charge in [0, 0.05) is 36.9 Å². The van der Waals surface area contributed by atoms with Gasteiger partial charge in [0.2, 0.25) is 5.91 Å². The topological polar surface area (TPSA) is 54.5 Å². The number of rotatable bonds is 4. The minimum atomic E-state index is -0.405. The first-order chi connectivity index (χ1) is 11.6. The zero-order valence-corrected chi connectivity index (χ0v) is 13.0. The zero-order chi connectivity index (χ0) is 17.1. The lowest BCUT2D eigenvalue weighted by Crippen LogP contribution is -2.37. The highest BCUT2D eigenvalue weighted by Gasteiger charge is 2.26. The van der Waals surface area contributed by atoms with Gasteiger partial charge in [0.1, 0.15) is 5.82 Å². The normalized spacial score (nSPS) is 13.5. The highest BCUT2D eigenvalue weighted by atomic mass is 19.1. The first kappa shape index (κ1) is 16.1. The molecule has 0 spiro atoms. The van der Waals surface area contributed by atoms with E-state index in [4.69, 9.17) is 0 Å². The number of amides is 1. The van der Waals surface area contributed by atoms with Gasteiger partial charge in [-0.3, -0.25) is 14.4 Å². The number of Topliss-reactive ketones (excluding diaryl/α,β-unsaturated/α-hetero) is 2. The van der Waals surface area contributed by atoms with Crippen molar-refractivity contribution in [3.8, 4) is 0 Å². The molecular formula is C19H16FNO3. The van der Waals surface area contributed by atoms with Gasteiger partial charge in [0.05, 0.1) is 5.69 Å². The lowest BCUT2D eigenvalue weighted by atomic mass is 9.99. The fraction of sp³-hybridized carbons (Fsp3) is 0.211. The molecule has 2 aromatic carbocycles. The number of anilines is 1. The highest BCUT2D eigenvalue weighted by molar-refractivity contribution is 6.09. The van der Waals surface area contributed by atoms with Crippen LogP contribution in [-0.2, 0) is 4.79 Å². The molecule has 2 aromatic rings. The van der Waals surface area contributed by atoms with E-state index in [0.29, 0.717) is 23.4 Å². The molecule has 0 saturated heterocycles. The summed E-state index contributed by atoms with van der Waals surface area (Å²) in [5, 5.41) is 0. The summed E-state index contributed by atoms with van der Waals surface area (Å²) in [6, 6.07) is 12.3. The number of hydrogen-bond donors (Lipinski definition) is 0. The predicted octanol–water partition coefficient (Wildman–Crippen LogP) is 3.41. The number of hydrogen-bond acceptors (Lipinski definition) is 3. The van der Waals surface area contributed by atoms with Gasteiger partial charge >= 0.3 is 0 Å². The maximum atomic E-state index is 12.9. The molecule has 0 fully saturated rings. The summed E-state index contributed by atoms with van der Waals surface area (Å²) in [6.45, 7) is 0.333. The number of halogens is 1. The maximum absolute atomic E-state index is 12.9. The van der Waals surface area contributed by atoms with Gasteiger partial charge < -0.3 is 4.90 Å². The Morgan fingerprint density at radius 3 is 2.46 bits per heavy atom. The minimum Gasteiger partial charge on any atom is -0.311 e. The van der Waals surface area contributed by atoms with Crippen molar-refractivity contribution in [1.29, 1.82) is 0 Å². The Hall–Kier alpha value is -2.82. The zero-order valence-electron chi connectivity index (χ0n) is 13.0. The van der Waals surface area contributed by atoms with Crippen molar-refractivity contribution < 1.29 is 18.8 Å². The molecule has 0 aliphatic carbocycles. The molecule has 1 heterocycles. The molecule has 0 radical (unpaired) electrons. The lowest BCUT2D eigenvalue weighted by Gasteiger charge is -2.28. The van der Waals surface area contributed by atoms with Gasteiger partial charge in [0.15, 0.2) is 11.6 Å². The summed E-state index contributed by atoms with van der Waals surface area (Å²) >= 11 is 0. The predicted molar refractivity (Wildman–Crippen MR) is 87.7 cm³/mol. The van der Waals surface area contributed by atoms with Crippen LogP contribution in [0.25, 0.3) is 0 Å². The van der Waals surface area contributed by atoms with Gasteiger partial charge in [-0.05, 0) is 36.4 Å². The largest absolute Gasteiger partial charge is 0.311 e. The molecule has 122 valence electrons. The summed E-state index contributed by atoms with van der Waals surface area (Å²) in [7, 11) is 0. The van der Waals surface area contributed by atoms with Gasteiger partial charge in [-0.15, -0.1) is 0 Å². The second-order valence-electron chi connectivity index (χ2n) is 5.67. The van der Waals surface area contributed by atoms with Crippen molar-refractivity contribution in [3.05, 3.63) is 65.5 Å². The van der Waals surface area contributed by atoms with Gasteiger partial charge in [-0.2, -0.15) is 0 Å². The molecule has 0 atom stereocenters. The molecule has 4 nitrogen and oxygen atoms in total. The van der Waals surface area contributed by atoms with E-state index >= 15 is 0 Å². The Morgan fingerprint density at radius 1 is 1.00 bits per heavy atom. The van der Waals surface area contributed by atoms with Gasteiger partial charge in [-0.25, -0.2) is 4.39 Å². The number of carbonyl (C=O) groups is 3. The van der Waals surface area contributed by atoms with Crippen LogP contribution in [0.2, 0.25) is 0 Å². The lowest BCUT2D eigenvalue weighted by molar-refractivity contribution is -0.118. The van der Waals surface area contributed by atoms with Crippen LogP contribution in [0.5, 0.6) is 0 Å². The SMILES string of the molecule is O=C(CCC(=O)N1CCC(=O)c2ccccc21)c1ccc(F)cc1. The smallest absolute Gasteiger partial charge is 0.227 e. The third kappa shape index (κ3) is 3.25. The Labute approximate surface area is 138 Å². The number of benzene rings is 2. The molecule has 24 heavy (non-hydrogen) atoms. The van der Waals surface area contributed by atoms with Crippen LogP contribution >= 0.6 is 0 Å². The van der Waals surface area contributed by atoms with Crippen molar-refractivity contribution in [3.63, 3.8) is 0 Å². The molecule has 5 heteroatoms. The number of ketones is 2. The van der Waals surface area contributed by atoms with Crippen LogP contribution < -0.4 is 4.90 Å². The maximum Gasteiger partial charge on any atom is 0.227 e. The molecule has 3 rings (SSSR count). The monoisotopic (exact) mass is 325 g/mol. The summed E-state index contributed by atoms with van der Waals surface area (Å²) in [4.78, 5) is 38.0. The summed E-state index contributed by atoms with van der Waals surface area (Å²) in [5.74, 6) is -0.774. The molecular weight excluding hydrogens is 309 g/mol. The summed E-state index contributed by atoms with van der Waals surface area (Å²) in [6.07, 6.45) is 0.393. The van der Waals surface area contributed by atoms with Crippen LogP contribution in [0.15, 0.2) is 48.5 Å². The van der Waals surface area contributed by atoms with Crippen LogP contribution in [-0.4, -0.2) is 24.0 Å².